The summed E-state index contributed by atoms with van der Waals surface area (Å²) in [5.41, 5.74) is 7.64. The molecular formula is C14H17N3O. The van der Waals surface area contributed by atoms with Crippen molar-refractivity contribution in [2.24, 2.45) is 11.7 Å². The van der Waals surface area contributed by atoms with Crippen LogP contribution >= 0.6 is 0 Å². The molecule has 0 bridgehead atoms. The summed E-state index contributed by atoms with van der Waals surface area (Å²) < 4.78 is 0. The minimum Gasteiger partial charge on any atom is -0.360 e. The predicted octanol–water partition coefficient (Wildman–Crippen LogP) is 1.64. The number of fused-ring (bicyclic) bond motifs is 1. The molecule has 1 atom stereocenters. The van der Waals surface area contributed by atoms with Gasteiger partial charge in [-0.1, -0.05) is 18.2 Å². The number of hydrogen-bond acceptors (Lipinski definition) is 2. The Morgan fingerprint density at radius 1 is 1.44 bits per heavy atom. The molecule has 1 unspecified atom stereocenters. The average Bonchev–Trinajstić information content (AvgIpc) is 3.15. The Morgan fingerprint density at radius 3 is 3.00 bits per heavy atom. The Balaban J connectivity index is 1.71. The number of rotatable bonds is 4. The van der Waals surface area contributed by atoms with E-state index in [2.05, 4.69) is 10.3 Å². The van der Waals surface area contributed by atoms with Crippen molar-refractivity contribution < 1.29 is 4.79 Å². The third kappa shape index (κ3) is 2.11. The highest BCUT2D eigenvalue weighted by atomic mass is 16.1. The molecular weight excluding hydrogens is 226 g/mol. The Morgan fingerprint density at radius 2 is 2.22 bits per heavy atom. The summed E-state index contributed by atoms with van der Waals surface area (Å²) in [5, 5.41) is 3.87. The Hall–Kier alpha value is -1.81. The Bertz CT molecular complexity index is 571. The summed E-state index contributed by atoms with van der Waals surface area (Å²) in [6.45, 7) is 0.559. The smallest absolute Gasteiger partial charge is 0.253 e. The monoisotopic (exact) mass is 243 g/mol. The van der Waals surface area contributed by atoms with Crippen LogP contribution in [0.3, 0.4) is 0 Å². The van der Waals surface area contributed by atoms with Crippen molar-refractivity contribution in [3.05, 3.63) is 36.0 Å². The summed E-state index contributed by atoms with van der Waals surface area (Å²) >= 11 is 0. The average molecular weight is 243 g/mol. The zero-order valence-electron chi connectivity index (χ0n) is 10.1. The number of H-pyrrole nitrogens is 1. The molecule has 4 heteroatoms. The first kappa shape index (κ1) is 11.3. The quantitative estimate of drug-likeness (QED) is 0.764. The van der Waals surface area contributed by atoms with Gasteiger partial charge < -0.3 is 16.0 Å². The number of nitrogens with one attached hydrogen (secondary N) is 2. The molecule has 0 spiro atoms. The van der Waals surface area contributed by atoms with E-state index < -0.39 is 0 Å². The van der Waals surface area contributed by atoms with E-state index in [0.717, 1.165) is 10.9 Å². The second-order valence-corrected chi connectivity index (χ2v) is 4.96. The molecule has 18 heavy (non-hydrogen) atoms. The number of carbonyl (C=O) groups is 1. The van der Waals surface area contributed by atoms with Crippen LogP contribution in [0, 0.1) is 5.92 Å². The van der Waals surface area contributed by atoms with Crippen LogP contribution < -0.4 is 11.1 Å². The van der Waals surface area contributed by atoms with Crippen LogP contribution in [-0.2, 0) is 0 Å². The minimum absolute atomic E-state index is 0.0523. The second kappa shape index (κ2) is 4.46. The largest absolute Gasteiger partial charge is 0.360 e. The first-order valence-electron chi connectivity index (χ1n) is 6.35. The van der Waals surface area contributed by atoms with E-state index in [-0.39, 0.29) is 11.9 Å². The molecule has 1 saturated carbocycles. The highest BCUT2D eigenvalue weighted by Crippen LogP contribution is 2.31. The van der Waals surface area contributed by atoms with Gasteiger partial charge in [-0.2, -0.15) is 0 Å². The molecule has 1 aliphatic rings. The molecule has 0 radical (unpaired) electrons. The van der Waals surface area contributed by atoms with E-state index in [1.54, 1.807) is 6.20 Å². The van der Waals surface area contributed by atoms with Crippen LogP contribution in [0.5, 0.6) is 0 Å². The molecule has 1 amide bonds. The van der Waals surface area contributed by atoms with Gasteiger partial charge in [0.2, 0.25) is 0 Å². The molecule has 4 N–H and O–H groups in total. The van der Waals surface area contributed by atoms with Gasteiger partial charge in [-0.25, -0.2) is 0 Å². The van der Waals surface area contributed by atoms with Gasteiger partial charge in [-0.05, 0) is 24.8 Å². The molecule has 1 aromatic carbocycles. The van der Waals surface area contributed by atoms with Crippen molar-refractivity contribution in [1.29, 1.82) is 0 Å². The zero-order valence-corrected chi connectivity index (χ0v) is 10.1. The van der Waals surface area contributed by atoms with E-state index in [0.29, 0.717) is 18.0 Å². The Kier molecular flexibility index (Phi) is 2.80. The fourth-order valence-corrected chi connectivity index (χ4v) is 2.26. The van der Waals surface area contributed by atoms with Crippen LogP contribution in [0.4, 0.5) is 0 Å². The van der Waals surface area contributed by atoms with Crippen LogP contribution in [0.25, 0.3) is 10.9 Å². The number of hydrogen-bond donors (Lipinski definition) is 3. The third-order valence-corrected chi connectivity index (χ3v) is 3.56. The third-order valence-electron chi connectivity index (χ3n) is 3.56. The molecule has 94 valence electrons. The SMILES string of the molecule is NC(CNC(=O)c1c[nH]c2ccccc12)C1CC1. The summed E-state index contributed by atoms with van der Waals surface area (Å²) in [7, 11) is 0. The van der Waals surface area contributed by atoms with Crippen molar-refractivity contribution in [3.63, 3.8) is 0 Å². The highest BCUT2D eigenvalue weighted by molar-refractivity contribution is 6.06. The summed E-state index contributed by atoms with van der Waals surface area (Å²) in [6.07, 6.45) is 4.15. The summed E-state index contributed by atoms with van der Waals surface area (Å²) in [6, 6.07) is 7.88. The number of nitrogens with two attached hydrogens (primary N) is 1. The van der Waals surface area contributed by atoms with Crippen LogP contribution in [0.15, 0.2) is 30.5 Å². The van der Waals surface area contributed by atoms with Gasteiger partial charge in [-0.15, -0.1) is 0 Å². The van der Waals surface area contributed by atoms with Crippen molar-refractivity contribution in [3.8, 4) is 0 Å². The van der Waals surface area contributed by atoms with Crippen LogP contribution in [0.1, 0.15) is 23.2 Å². The molecule has 1 aromatic heterocycles. The van der Waals surface area contributed by atoms with Gasteiger partial charge in [0.25, 0.3) is 5.91 Å². The molecule has 1 aliphatic carbocycles. The van der Waals surface area contributed by atoms with Crippen molar-refractivity contribution >= 4 is 16.8 Å². The maximum atomic E-state index is 12.1. The molecule has 1 heterocycles. The van der Waals surface area contributed by atoms with Gasteiger partial charge >= 0.3 is 0 Å². The van der Waals surface area contributed by atoms with Crippen LogP contribution in [-0.4, -0.2) is 23.5 Å². The first-order valence-corrected chi connectivity index (χ1v) is 6.35. The standard InChI is InChI=1S/C14H17N3O/c15-12(9-5-6-9)8-17-14(18)11-7-16-13-4-2-1-3-10(11)13/h1-4,7,9,12,16H,5-6,8,15H2,(H,17,18). The van der Waals surface area contributed by atoms with Gasteiger partial charge in [0.15, 0.2) is 0 Å². The van der Waals surface area contributed by atoms with Crippen molar-refractivity contribution in [1.82, 2.24) is 10.3 Å². The van der Waals surface area contributed by atoms with E-state index in [1.165, 1.54) is 12.8 Å². The van der Waals surface area contributed by atoms with Gasteiger partial charge in [0.1, 0.15) is 0 Å². The van der Waals surface area contributed by atoms with E-state index >= 15 is 0 Å². The number of benzene rings is 1. The lowest BCUT2D eigenvalue weighted by Crippen LogP contribution is -2.38. The van der Waals surface area contributed by atoms with Crippen LogP contribution in [0.2, 0.25) is 0 Å². The Labute approximate surface area is 106 Å². The number of carbonyl (C=O) groups excluding carboxylic acids is 1. The lowest BCUT2D eigenvalue weighted by atomic mass is 10.1. The lowest BCUT2D eigenvalue weighted by Gasteiger charge is -2.11. The molecule has 1 fully saturated rings. The zero-order chi connectivity index (χ0) is 12.5. The van der Waals surface area contributed by atoms with Gasteiger partial charge in [-0.3, -0.25) is 4.79 Å². The van der Waals surface area contributed by atoms with E-state index in [9.17, 15) is 4.79 Å². The first-order chi connectivity index (χ1) is 8.75. The normalized spacial score (nSPS) is 16.7. The molecule has 4 nitrogen and oxygen atoms in total. The van der Waals surface area contributed by atoms with Crippen molar-refractivity contribution in [2.45, 2.75) is 18.9 Å². The summed E-state index contributed by atoms with van der Waals surface area (Å²) in [5.74, 6) is 0.553. The maximum Gasteiger partial charge on any atom is 0.253 e. The van der Waals surface area contributed by atoms with E-state index in [4.69, 9.17) is 5.73 Å². The minimum atomic E-state index is -0.0523. The van der Waals surface area contributed by atoms with Gasteiger partial charge in [0.05, 0.1) is 5.56 Å². The highest BCUT2D eigenvalue weighted by Gasteiger charge is 2.28. The number of amides is 1. The molecule has 0 saturated heterocycles. The number of para-hydroxylation sites is 1. The summed E-state index contributed by atoms with van der Waals surface area (Å²) in [4.78, 5) is 15.2. The van der Waals surface area contributed by atoms with Gasteiger partial charge in [0, 0.05) is 29.7 Å². The second-order valence-electron chi connectivity index (χ2n) is 4.96. The number of aromatic nitrogens is 1. The predicted molar refractivity (Wildman–Crippen MR) is 71.3 cm³/mol. The molecule has 3 rings (SSSR count). The number of aromatic amines is 1. The fourth-order valence-electron chi connectivity index (χ4n) is 2.26. The van der Waals surface area contributed by atoms with E-state index in [1.807, 2.05) is 24.3 Å². The fraction of sp³-hybridized carbons (Fsp3) is 0.357. The molecule has 2 aromatic rings. The topological polar surface area (TPSA) is 70.9 Å². The lowest BCUT2D eigenvalue weighted by molar-refractivity contribution is 0.0952. The molecule has 0 aliphatic heterocycles. The van der Waals surface area contributed by atoms with Crippen molar-refractivity contribution in [2.75, 3.05) is 6.54 Å². The maximum absolute atomic E-state index is 12.1.